The van der Waals surface area contributed by atoms with Gasteiger partial charge in [0, 0.05) is 12.7 Å². The highest BCUT2D eigenvalue weighted by molar-refractivity contribution is 5.18. The van der Waals surface area contributed by atoms with Gasteiger partial charge in [0.25, 0.3) is 0 Å². The number of rotatable bonds is 6. The van der Waals surface area contributed by atoms with Crippen molar-refractivity contribution in [2.24, 2.45) is 0 Å². The molecule has 0 saturated carbocycles. The van der Waals surface area contributed by atoms with E-state index in [1.165, 1.54) is 17.8 Å². The third-order valence-electron chi connectivity index (χ3n) is 3.21. The number of aromatic nitrogens is 1. The number of hydrogen-bond donors (Lipinski definition) is 1. The molecule has 1 unspecified atom stereocenters. The molecule has 0 bridgehead atoms. The zero-order chi connectivity index (χ0) is 13.5. The first kappa shape index (κ1) is 13.7. The third-order valence-corrected chi connectivity index (χ3v) is 3.21. The van der Waals surface area contributed by atoms with E-state index in [1.807, 2.05) is 6.07 Å². The van der Waals surface area contributed by atoms with Gasteiger partial charge in [-0.1, -0.05) is 37.3 Å². The Hall–Kier alpha value is -1.74. The Morgan fingerprint density at radius 3 is 2.74 bits per heavy atom. The number of halogens is 1. The van der Waals surface area contributed by atoms with E-state index in [1.54, 1.807) is 6.20 Å². The number of hydrogen-bond acceptors (Lipinski definition) is 2. The van der Waals surface area contributed by atoms with Gasteiger partial charge in [0.2, 0.25) is 0 Å². The molecule has 1 aromatic heterocycles. The summed E-state index contributed by atoms with van der Waals surface area (Å²) in [6.45, 7) is 3.79. The van der Waals surface area contributed by atoms with Crippen LogP contribution in [0.2, 0.25) is 0 Å². The smallest absolute Gasteiger partial charge is 0.141 e. The van der Waals surface area contributed by atoms with Gasteiger partial charge in [0.15, 0.2) is 0 Å². The largest absolute Gasteiger partial charge is 0.313 e. The monoisotopic (exact) mass is 258 g/mol. The Kier molecular flexibility index (Phi) is 5.04. The van der Waals surface area contributed by atoms with Crippen LogP contribution in [0, 0.1) is 5.82 Å². The second kappa shape index (κ2) is 7.00. The summed E-state index contributed by atoms with van der Waals surface area (Å²) in [5.74, 6) is 0.247. The first-order chi connectivity index (χ1) is 9.25. The molecule has 1 N–H and O–H groups in total. The summed E-state index contributed by atoms with van der Waals surface area (Å²) in [7, 11) is 0. The van der Waals surface area contributed by atoms with E-state index in [2.05, 4.69) is 41.5 Å². The van der Waals surface area contributed by atoms with E-state index >= 15 is 0 Å². The van der Waals surface area contributed by atoms with Gasteiger partial charge in [-0.2, -0.15) is 0 Å². The van der Waals surface area contributed by atoms with Crippen LogP contribution in [0.15, 0.2) is 48.8 Å². The van der Waals surface area contributed by atoms with Crippen molar-refractivity contribution in [1.82, 2.24) is 10.3 Å². The summed E-state index contributed by atoms with van der Waals surface area (Å²) in [5, 5.41) is 3.32. The standard InChI is InChI=1S/C16H19FN2/c1-13(15-5-3-2-4-6-15)7-8-18-10-14-9-16(17)12-19-11-14/h2-6,9,11-13,18H,7-8,10H2,1H3. The van der Waals surface area contributed by atoms with Crippen molar-refractivity contribution in [2.45, 2.75) is 25.8 Å². The highest BCUT2D eigenvalue weighted by Crippen LogP contribution is 2.17. The Balaban J connectivity index is 1.72. The zero-order valence-corrected chi connectivity index (χ0v) is 11.1. The number of benzene rings is 1. The molecule has 2 aromatic rings. The minimum absolute atomic E-state index is 0.281. The number of nitrogens with zero attached hydrogens (tertiary/aromatic N) is 1. The molecule has 100 valence electrons. The molecule has 0 saturated heterocycles. The maximum absolute atomic E-state index is 12.9. The van der Waals surface area contributed by atoms with Crippen LogP contribution in [0.4, 0.5) is 4.39 Å². The van der Waals surface area contributed by atoms with Crippen LogP contribution in [0.1, 0.15) is 30.4 Å². The van der Waals surface area contributed by atoms with E-state index < -0.39 is 0 Å². The molecule has 1 heterocycles. The molecule has 1 atom stereocenters. The van der Waals surface area contributed by atoms with Gasteiger partial charge in [-0.15, -0.1) is 0 Å². The summed E-state index contributed by atoms with van der Waals surface area (Å²) >= 11 is 0. The molecule has 3 heteroatoms. The van der Waals surface area contributed by atoms with Crippen molar-refractivity contribution in [1.29, 1.82) is 0 Å². The molecular formula is C16H19FN2. The van der Waals surface area contributed by atoms with Gasteiger partial charge >= 0.3 is 0 Å². The summed E-state index contributed by atoms with van der Waals surface area (Å²) in [5.41, 5.74) is 2.24. The lowest BCUT2D eigenvalue weighted by atomic mass is 9.98. The summed E-state index contributed by atoms with van der Waals surface area (Å²) < 4.78 is 12.9. The van der Waals surface area contributed by atoms with Crippen molar-refractivity contribution in [3.05, 3.63) is 65.7 Å². The number of nitrogens with one attached hydrogen (secondary N) is 1. The minimum Gasteiger partial charge on any atom is -0.313 e. The zero-order valence-electron chi connectivity index (χ0n) is 11.1. The molecule has 0 fully saturated rings. The Morgan fingerprint density at radius 2 is 2.00 bits per heavy atom. The van der Waals surface area contributed by atoms with Crippen molar-refractivity contribution in [2.75, 3.05) is 6.54 Å². The van der Waals surface area contributed by atoms with Crippen molar-refractivity contribution >= 4 is 0 Å². The van der Waals surface area contributed by atoms with E-state index in [0.29, 0.717) is 12.5 Å². The summed E-state index contributed by atoms with van der Waals surface area (Å²) in [4.78, 5) is 3.83. The predicted octanol–water partition coefficient (Wildman–Crippen LogP) is 3.50. The predicted molar refractivity (Wildman–Crippen MR) is 75.4 cm³/mol. The lowest BCUT2D eigenvalue weighted by molar-refractivity contribution is 0.586. The Morgan fingerprint density at radius 1 is 1.21 bits per heavy atom. The second-order valence-electron chi connectivity index (χ2n) is 4.79. The first-order valence-corrected chi connectivity index (χ1v) is 6.61. The molecule has 0 aliphatic carbocycles. The van der Waals surface area contributed by atoms with Crippen LogP contribution >= 0.6 is 0 Å². The van der Waals surface area contributed by atoms with Gasteiger partial charge in [-0.3, -0.25) is 4.98 Å². The topological polar surface area (TPSA) is 24.9 Å². The normalized spacial score (nSPS) is 12.3. The van der Waals surface area contributed by atoms with Gasteiger partial charge in [-0.05, 0) is 36.1 Å². The SMILES string of the molecule is CC(CCNCc1cncc(F)c1)c1ccccc1. The maximum Gasteiger partial charge on any atom is 0.141 e. The average Bonchev–Trinajstić information content (AvgIpc) is 2.44. The summed E-state index contributed by atoms with van der Waals surface area (Å²) in [6.07, 6.45) is 3.98. The molecule has 0 aliphatic heterocycles. The van der Waals surface area contributed by atoms with E-state index in [-0.39, 0.29) is 5.82 Å². The second-order valence-corrected chi connectivity index (χ2v) is 4.79. The minimum atomic E-state index is -0.281. The van der Waals surface area contributed by atoms with Crippen LogP contribution in [0.3, 0.4) is 0 Å². The molecule has 2 rings (SSSR count). The lowest BCUT2D eigenvalue weighted by Crippen LogP contribution is -2.16. The molecule has 2 nitrogen and oxygen atoms in total. The van der Waals surface area contributed by atoms with Crippen LogP contribution < -0.4 is 5.32 Å². The van der Waals surface area contributed by atoms with Crippen molar-refractivity contribution in [3.8, 4) is 0 Å². The summed E-state index contributed by atoms with van der Waals surface area (Å²) in [6, 6.07) is 12.0. The van der Waals surface area contributed by atoms with Crippen LogP contribution in [0.25, 0.3) is 0 Å². The Bertz CT molecular complexity index is 499. The first-order valence-electron chi connectivity index (χ1n) is 6.61. The van der Waals surface area contributed by atoms with Gasteiger partial charge in [-0.25, -0.2) is 4.39 Å². The fourth-order valence-corrected chi connectivity index (χ4v) is 2.05. The molecular weight excluding hydrogens is 239 g/mol. The highest BCUT2D eigenvalue weighted by atomic mass is 19.1. The van der Waals surface area contributed by atoms with Crippen LogP contribution in [0.5, 0.6) is 0 Å². The highest BCUT2D eigenvalue weighted by Gasteiger charge is 2.04. The molecule has 1 aromatic carbocycles. The third kappa shape index (κ3) is 4.45. The van der Waals surface area contributed by atoms with E-state index in [9.17, 15) is 4.39 Å². The number of pyridine rings is 1. The van der Waals surface area contributed by atoms with Crippen LogP contribution in [-0.2, 0) is 6.54 Å². The van der Waals surface area contributed by atoms with Gasteiger partial charge in [0.1, 0.15) is 5.82 Å². The molecule has 0 spiro atoms. The average molecular weight is 258 g/mol. The maximum atomic E-state index is 12.9. The fourth-order valence-electron chi connectivity index (χ4n) is 2.05. The molecule has 0 amide bonds. The van der Waals surface area contributed by atoms with E-state index in [4.69, 9.17) is 0 Å². The van der Waals surface area contributed by atoms with E-state index in [0.717, 1.165) is 18.5 Å². The van der Waals surface area contributed by atoms with Crippen LogP contribution in [-0.4, -0.2) is 11.5 Å². The van der Waals surface area contributed by atoms with Gasteiger partial charge < -0.3 is 5.32 Å². The van der Waals surface area contributed by atoms with Gasteiger partial charge in [0.05, 0.1) is 6.20 Å². The van der Waals surface area contributed by atoms with Crippen molar-refractivity contribution < 1.29 is 4.39 Å². The Labute approximate surface area is 113 Å². The lowest BCUT2D eigenvalue weighted by Gasteiger charge is -2.12. The van der Waals surface area contributed by atoms with Crippen molar-refractivity contribution in [3.63, 3.8) is 0 Å². The molecule has 0 aliphatic rings. The quantitative estimate of drug-likeness (QED) is 0.802. The molecule has 19 heavy (non-hydrogen) atoms. The molecule has 0 radical (unpaired) electrons. The fraction of sp³-hybridized carbons (Fsp3) is 0.312.